The number of nitrogens with two attached hydrogens (primary N) is 2. The van der Waals surface area contributed by atoms with Gasteiger partial charge in [0.05, 0.1) is 10.7 Å². The molecule has 0 amide bonds. The minimum absolute atomic E-state index is 0.0816. The second-order valence-electron chi connectivity index (χ2n) is 6.99. The van der Waals surface area contributed by atoms with Crippen LogP contribution in [0.3, 0.4) is 0 Å². The number of nitrogens with one attached hydrogen (secondary N) is 1. The lowest BCUT2D eigenvalue weighted by Gasteiger charge is -2.27. The monoisotopic (exact) mass is 417 g/mol. The summed E-state index contributed by atoms with van der Waals surface area (Å²) in [6.45, 7) is 3.38. The molecule has 0 fully saturated rings. The van der Waals surface area contributed by atoms with Gasteiger partial charge in [0.2, 0.25) is 0 Å². The first-order valence-corrected chi connectivity index (χ1v) is 9.91. The molecular formula is C24H24ClN5. The summed E-state index contributed by atoms with van der Waals surface area (Å²) < 4.78 is 0. The van der Waals surface area contributed by atoms with Gasteiger partial charge in [-0.05, 0) is 35.7 Å². The average Bonchev–Trinajstić information content (AvgIpc) is 2.75. The molecule has 0 aromatic heterocycles. The molecule has 0 atom stereocenters. The molecule has 6 heteroatoms. The molecule has 0 saturated carbocycles. The van der Waals surface area contributed by atoms with E-state index in [9.17, 15) is 5.26 Å². The second-order valence-corrected chi connectivity index (χ2v) is 7.40. The smallest absolute Gasteiger partial charge is 0.151 e. The van der Waals surface area contributed by atoms with E-state index in [0.717, 1.165) is 24.3 Å². The molecule has 0 saturated heterocycles. The van der Waals surface area contributed by atoms with Gasteiger partial charge in [-0.3, -0.25) is 0 Å². The molecule has 30 heavy (non-hydrogen) atoms. The Morgan fingerprint density at radius 1 is 1.00 bits per heavy atom. The van der Waals surface area contributed by atoms with Gasteiger partial charge in [0.25, 0.3) is 0 Å². The number of aryl methyl sites for hydroxylation is 1. The van der Waals surface area contributed by atoms with Crippen LogP contribution < -0.4 is 21.9 Å². The van der Waals surface area contributed by atoms with E-state index >= 15 is 0 Å². The first-order valence-electron chi connectivity index (χ1n) is 9.53. The minimum Gasteiger partial charge on any atom is -0.396 e. The van der Waals surface area contributed by atoms with Crippen LogP contribution in [0.1, 0.15) is 22.3 Å². The largest absolute Gasteiger partial charge is 0.396 e. The molecule has 3 aromatic carbocycles. The van der Waals surface area contributed by atoms with E-state index in [2.05, 4.69) is 34.6 Å². The van der Waals surface area contributed by atoms with Gasteiger partial charge in [-0.1, -0.05) is 72.3 Å². The normalized spacial score (nSPS) is 11.4. The van der Waals surface area contributed by atoms with Crippen LogP contribution in [-0.4, -0.2) is 0 Å². The van der Waals surface area contributed by atoms with E-state index in [4.69, 9.17) is 23.2 Å². The maximum absolute atomic E-state index is 9.23. The highest BCUT2D eigenvalue weighted by Gasteiger charge is 2.16. The molecule has 5 nitrogen and oxygen atoms in total. The Labute approximate surface area is 182 Å². The predicted molar refractivity (Wildman–Crippen MR) is 123 cm³/mol. The predicted octanol–water partition coefficient (Wildman–Crippen LogP) is 4.47. The molecule has 0 bridgehead atoms. The van der Waals surface area contributed by atoms with Crippen molar-refractivity contribution < 1.29 is 0 Å². The van der Waals surface area contributed by atoms with Crippen LogP contribution in [0.2, 0.25) is 5.02 Å². The van der Waals surface area contributed by atoms with Crippen molar-refractivity contribution in [1.82, 2.24) is 5.43 Å². The Balaban J connectivity index is 2.03. The van der Waals surface area contributed by atoms with Crippen molar-refractivity contribution in [3.63, 3.8) is 0 Å². The van der Waals surface area contributed by atoms with Crippen molar-refractivity contribution in [3.8, 4) is 6.07 Å². The van der Waals surface area contributed by atoms with Crippen molar-refractivity contribution in [2.24, 2.45) is 11.6 Å². The first-order chi connectivity index (χ1) is 14.5. The van der Waals surface area contributed by atoms with Crippen LogP contribution in [-0.2, 0) is 13.1 Å². The zero-order chi connectivity index (χ0) is 21.5. The summed E-state index contributed by atoms with van der Waals surface area (Å²) in [5, 5.41) is 9.70. The number of benzene rings is 3. The first kappa shape index (κ1) is 21.3. The molecule has 0 aliphatic carbocycles. The van der Waals surface area contributed by atoms with E-state index < -0.39 is 0 Å². The quantitative estimate of drug-likeness (QED) is 0.299. The van der Waals surface area contributed by atoms with Crippen molar-refractivity contribution in [2.45, 2.75) is 20.0 Å². The summed E-state index contributed by atoms with van der Waals surface area (Å²) in [6.07, 6.45) is 0. The van der Waals surface area contributed by atoms with E-state index in [1.807, 2.05) is 61.5 Å². The van der Waals surface area contributed by atoms with Crippen LogP contribution >= 0.6 is 11.6 Å². The fraction of sp³-hybridized carbons (Fsp3) is 0.125. The van der Waals surface area contributed by atoms with Gasteiger partial charge in [-0.15, -0.1) is 0 Å². The number of allylic oxidation sites excluding steroid dienone is 1. The molecular weight excluding hydrogens is 394 g/mol. The molecule has 0 heterocycles. The Morgan fingerprint density at radius 3 is 1.97 bits per heavy atom. The molecule has 5 N–H and O–H groups in total. The fourth-order valence-electron chi connectivity index (χ4n) is 3.39. The molecule has 0 spiro atoms. The van der Waals surface area contributed by atoms with Crippen LogP contribution in [0.5, 0.6) is 0 Å². The van der Waals surface area contributed by atoms with Crippen molar-refractivity contribution in [1.29, 1.82) is 5.26 Å². The number of hydrogen-bond donors (Lipinski definition) is 3. The lowest BCUT2D eigenvalue weighted by molar-refractivity contribution is 0.799. The third-order valence-corrected chi connectivity index (χ3v) is 5.16. The van der Waals surface area contributed by atoms with Crippen molar-refractivity contribution in [3.05, 3.63) is 106 Å². The van der Waals surface area contributed by atoms with E-state index in [1.165, 1.54) is 11.1 Å². The lowest BCUT2D eigenvalue weighted by atomic mass is 10.0. The highest BCUT2D eigenvalue weighted by atomic mass is 35.5. The third kappa shape index (κ3) is 4.93. The number of hydrogen-bond acceptors (Lipinski definition) is 5. The Hall–Kier alpha value is -3.46. The summed E-state index contributed by atoms with van der Waals surface area (Å²) in [6, 6.07) is 26.4. The Bertz CT molecular complexity index is 1010. The zero-order valence-electron chi connectivity index (χ0n) is 16.8. The molecule has 0 aliphatic rings. The minimum atomic E-state index is 0.0816. The fourth-order valence-corrected chi connectivity index (χ4v) is 3.75. The van der Waals surface area contributed by atoms with Crippen LogP contribution in [0, 0.1) is 18.3 Å². The van der Waals surface area contributed by atoms with Gasteiger partial charge in [-0.2, -0.15) is 5.26 Å². The SMILES string of the molecule is Cc1cc(N(Cc2ccccc2)Cc2ccccc2)cc(Cl)c1/C(N)=C(\C#N)NN. The highest BCUT2D eigenvalue weighted by Crippen LogP contribution is 2.32. The summed E-state index contributed by atoms with van der Waals surface area (Å²) in [5.74, 6) is 5.41. The summed E-state index contributed by atoms with van der Waals surface area (Å²) in [4.78, 5) is 2.26. The number of nitriles is 1. The van der Waals surface area contributed by atoms with E-state index in [-0.39, 0.29) is 11.4 Å². The number of rotatable bonds is 7. The van der Waals surface area contributed by atoms with Gasteiger partial charge in [-0.25, -0.2) is 5.84 Å². The highest BCUT2D eigenvalue weighted by molar-refractivity contribution is 6.32. The Kier molecular flexibility index (Phi) is 6.97. The van der Waals surface area contributed by atoms with Gasteiger partial charge >= 0.3 is 0 Å². The van der Waals surface area contributed by atoms with Gasteiger partial charge in [0.1, 0.15) is 6.07 Å². The molecule has 3 aromatic rings. The van der Waals surface area contributed by atoms with Crippen LogP contribution in [0.25, 0.3) is 5.70 Å². The van der Waals surface area contributed by atoms with Crippen molar-refractivity contribution >= 4 is 23.0 Å². The van der Waals surface area contributed by atoms with Gasteiger partial charge in [0, 0.05) is 24.3 Å². The molecule has 0 aliphatic heterocycles. The molecule has 152 valence electrons. The number of anilines is 1. The number of halogens is 1. The Morgan fingerprint density at radius 2 is 1.53 bits per heavy atom. The summed E-state index contributed by atoms with van der Waals surface area (Å²) in [5.41, 5.74) is 13.6. The molecule has 0 radical (unpaired) electrons. The topological polar surface area (TPSA) is 91.1 Å². The number of nitrogens with zero attached hydrogens (tertiary/aromatic N) is 2. The van der Waals surface area contributed by atoms with E-state index in [0.29, 0.717) is 10.6 Å². The molecule has 0 unspecified atom stereocenters. The van der Waals surface area contributed by atoms with E-state index in [1.54, 1.807) is 0 Å². The standard InChI is InChI=1S/C24H24ClN5/c1-17-12-20(13-21(25)23(17)24(27)22(14-26)29-28)30(15-18-8-4-2-5-9-18)16-19-10-6-3-7-11-19/h2-13,29H,15-16,27-28H2,1H3/b24-22-. The maximum Gasteiger partial charge on any atom is 0.151 e. The summed E-state index contributed by atoms with van der Waals surface area (Å²) in [7, 11) is 0. The number of hydrazine groups is 1. The average molecular weight is 418 g/mol. The van der Waals surface area contributed by atoms with Crippen LogP contribution in [0.15, 0.2) is 78.5 Å². The van der Waals surface area contributed by atoms with Crippen LogP contribution in [0.4, 0.5) is 5.69 Å². The zero-order valence-corrected chi connectivity index (χ0v) is 17.5. The summed E-state index contributed by atoms with van der Waals surface area (Å²) >= 11 is 6.62. The van der Waals surface area contributed by atoms with Crippen molar-refractivity contribution in [2.75, 3.05) is 4.90 Å². The lowest BCUT2D eigenvalue weighted by Crippen LogP contribution is -2.24. The molecule has 3 rings (SSSR count). The third-order valence-electron chi connectivity index (χ3n) is 4.86. The maximum atomic E-state index is 9.23. The second kappa shape index (κ2) is 9.84. The van der Waals surface area contributed by atoms with Gasteiger partial charge < -0.3 is 16.1 Å². The van der Waals surface area contributed by atoms with Gasteiger partial charge in [0.15, 0.2) is 5.70 Å².